The lowest BCUT2D eigenvalue weighted by atomic mass is 9.87. The molecule has 3 heterocycles. The van der Waals surface area contributed by atoms with Gasteiger partial charge in [0.2, 0.25) is 11.8 Å². The minimum absolute atomic E-state index is 0.0456. The molecule has 3 atom stereocenters. The van der Waals surface area contributed by atoms with Crippen LogP contribution in [-0.2, 0) is 23.9 Å². The van der Waals surface area contributed by atoms with Gasteiger partial charge in [0.25, 0.3) is 0 Å². The number of ether oxygens (including phenoxy) is 1. The van der Waals surface area contributed by atoms with Crippen LogP contribution in [0.4, 0.5) is 0 Å². The van der Waals surface area contributed by atoms with E-state index in [1.165, 1.54) is 13.0 Å². The number of amides is 2. The summed E-state index contributed by atoms with van der Waals surface area (Å²) in [6.45, 7) is 9.81. The number of benzene rings is 1. The van der Waals surface area contributed by atoms with Gasteiger partial charge < -0.3 is 25.4 Å². The highest BCUT2D eigenvalue weighted by molar-refractivity contribution is 5.87. The van der Waals surface area contributed by atoms with E-state index in [-0.39, 0.29) is 29.8 Å². The number of ketones is 1. The second kappa shape index (κ2) is 15.5. The molecule has 0 spiro atoms. The van der Waals surface area contributed by atoms with Crippen molar-refractivity contribution in [3.05, 3.63) is 59.4 Å². The van der Waals surface area contributed by atoms with E-state index in [1.807, 2.05) is 4.90 Å². The van der Waals surface area contributed by atoms with Gasteiger partial charge in [0.15, 0.2) is 0 Å². The number of piperidine rings is 2. The maximum Gasteiger partial charge on any atom is 0.308 e. The highest BCUT2D eigenvalue weighted by atomic mass is 16.6. The van der Waals surface area contributed by atoms with E-state index in [4.69, 9.17) is 4.74 Å². The Morgan fingerprint density at radius 1 is 1.07 bits per heavy atom. The monoisotopic (exact) mass is 620 g/mol. The molecule has 0 radical (unpaired) electrons. The van der Waals surface area contributed by atoms with Gasteiger partial charge in [0.05, 0.1) is 24.3 Å². The van der Waals surface area contributed by atoms with Crippen LogP contribution in [0.3, 0.4) is 0 Å². The van der Waals surface area contributed by atoms with Crippen LogP contribution in [0.5, 0.6) is 5.75 Å². The average molecular weight is 621 g/mol. The van der Waals surface area contributed by atoms with Crippen molar-refractivity contribution in [2.45, 2.75) is 90.2 Å². The molecule has 4 rings (SSSR count). The molecule has 10 nitrogen and oxygen atoms in total. The number of likely N-dealkylation sites (tertiary alicyclic amines) is 1. The Morgan fingerprint density at radius 2 is 1.80 bits per heavy atom. The van der Waals surface area contributed by atoms with Gasteiger partial charge in [-0.15, -0.1) is 0 Å². The number of nitrogens with one attached hydrogen (secondary N) is 2. The molecule has 0 aliphatic carbocycles. The number of aromatic hydroxyl groups is 1. The normalized spacial score (nSPS) is 18.9. The van der Waals surface area contributed by atoms with Crippen LogP contribution in [0.2, 0.25) is 0 Å². The van der Waals surface area contributed by atoms with Crippen LogP contribution < -0.4 is 10.6 Å². The van der Waals surface area contributed by atoms with Crippen molar-refractivity contribution in [2.75, 3.05) is 26.2 Å². The van der Waals surface area contributed by atoms with Crippen molar-refractivity contribution >= 4 is 23.6 Å². The first kappa shape index (κ1) is 34.1. The summed E-state index contributed by atoms with van der Waals surface area (Å²) in [7, 11) is 0. The minimum Gasteiger partial charge on any atom is -0.508 e. The number of aromatic nitrogens is 1. The molecular formula is C35H48N4O6. The van der Waals surface area contributed by atoms with Crippen molar-refractivity contribution < 1.29 is 29.0 Å². The number of hydrogen-bond acceptors (Lipinski definition) is 8. The zero-order chi connectivity index (χ0) is 32.6. The van der Waals surface area contributed by atoms with E-state index in [9.17, 15) is 24.3 Å². The van der Waals surface area contributed by atoms with Crippen LogP contribution in [-0.4, -0.2) is 70.3 Å². The molecule has 244 valence electrons. The van der Waals surface area contributed by atoms with Gasteiger partial charge in [0, 0.05) is 31.9 Å². The highest BCUT2D eigenvalue weighted by Crippen LogP contribution is 2.31. The Hall–Kier alpha value is -3.79. The molecule has 2 saturated heterocycles. The second-order valence-electron chi connectivity index (χ2n) is 13.5. The molecule has 0 saturated carbocycles. The third kappa shape index (κ3) is 10.1. The number of hydrogen-bond donors (Lipinski definition) is 3. The first-order valence-electron chi connectivity index (χ1n) is 16.1. The number of rotatable bonds is 11. The quantitative estimate of drug-likeness (QED) is 0.314. The molecule has 45 heavy (non-hydrogen) atoms. The molecule has 1 aromatic heterocycles. The first-order chi connectivity index (χ1) is 21.4. The van der Waals surface area contributed by atoms with Crippen LogP contribution in [0, 0.1) is 11.8 Å². The number of nitrogens with zero attached hydrogens (tertiary/aromatic N) is 2. The van der Waals surface area contributed by atoms with Crippen LogP contribution in [0.15, 0.2) is 42.7 Å². The number of phenols is 1. The summed E-state index contributed by atoms with van der Waals surface area (Å²) in [4.78, 5) is 58.8. The van der Waals surface area contributed by atoms with E-state index in [0.29, 0.717) is 48.5 Å². The second-order valence-corrected chi connectivity index (χ2v) is 13.5. The summed E-state index contributed by atoms with van der Waals surface area (Å²) in [6.07, 6.45) is 7.96. The van der Waals surface area contributed by atoms with Gasteiger partial charge in [-0.2, -0.15) is 0 Å². The molecule has 0 bridgehead atoms. The number of esters is 1. The summed E-state index contributed by atoms with van der Waals surface area (Å²) in [5, 5.41) is 16.5. The highest BCUT2D eigenvalue weighted by Gasteiger charge is 2.32. The predicted octanol–water partition coefficient (Wildman–Crippen LogP) is 4.42. The summed E-state index contributed by atoms with van der Waals surface area (Å²) < 4.78 is 5.59. The fraction of sp³-hybridized carbons (Fsp3) is 0.571. The standard InChI is InChI=1S/C35H48N4O6/c1-23(40)33(25-7-5-9-29(41)18-25)28-17-27(20-37-21-28)30(19-32(43)45-35(2,3)4)38-34(44)26-8-6-16-39(22-26)31(42)11-10-24-12-14-36-15-13-24/h5,7,9,17-18,20-21,24,26,30,33,36,41H,6,8,10-16,19,22H2,1-4H3,(H,38,44)/t26-,30+,33?/m1/s1. The minimum atomic E-state index is -0.762. The fourth-order valence-corrected chi connectivity index (χ4v) is 6.36. The van der Waals surface area contributed by atoms with Crippen molar-refractivity contribution in [2.24, 2.45) is 11.8 Å². The molecule has 2 amide bonds. The van der Waals surface area contributed by atoms with Gasteiger partial charge in [0.1, 0.15) is 17.1 Å². The Labute approximate surface area is 266 Å². The molecular weight excluding hydrogens is 572 g/mol. The van der Waals surface area contributed by atoms with E-state index in [0.717, 1.165) is 38.8 Å². The van der Waals surface area contributed by atoms with Crippen LogP contribution >= 0.6 is 0 Å². The van der Waals surface area contributed by atoms with Gasteiger partial charge >= 0.3 is 5.97 Å². The maximum absolute atomic E-state index is 13.7. The van der Waals surface area contributed by atoms with Gasteiger partial charge in [-0.05, 0) is 114 Å². The summed E-state index contributed by atoms with van der Waals surface area (Å²) in [5.41, 5.74) is 1.04. The smallest absolute Gasteiger partial charge is 0.308 e. The van der Waals surface area contributed by atoms with Gasteiger partial charge in [-0.1, -0.05) is 12.1 Å². The fourth-order valence-electron chi connectivity index (χ4n) is 6.36. The number of Topliss-reactive ketones (excluding diaryl/α,β-unsaturated/α-hetero) is 1. The number of carbonyl (C=O) groups excluding carboxylic acids is 4. The van der Waals surface area contributed by atoms with E-state index < -0.39 is 29.4 Å². The number of pyridine rings is 1. The number of carbonyl (C=O) groups is 4. The summed E-state index contributed by atoms with van der Waals surface area (Å²) in [6, 6.07) is 7.53. The van der Waals surface area contributed by atoms with Gasteiger partial charge in [-0.3, -0.25) is 24.2 Å². The largest absolute Gasteiger partial charge is 0.508 e. The lowest BCUT2D eigenvalue weighted by Crippen LogP contribution is -2.46. The molecule has 2 aliphatic heterocycles. The molecule has 2 fully saturated rings. The molecule has 3 N–H and O–H groups in total. The van der Waals surface area contributed by atoms with Gasteiger partial charge in [-0.25, -0.2) is 0 Å². The Kier molecular flexibility index (Phi) is 11.7. The van der Waals surface area contributed by atoms with E-state index >= 15 is 0 Å². The molecule has 10 heteroatoms. The topological polar surface area (TPSA) is 138 Å². The average Bonchev–Trinajstić information content (AvgIpc) is 2.99. The van der Waals surface area contributed by atoms with Crippen molar-refractivity contribution in [3.63, 3.8) is 0 Å². The lowest BCUT2D eigenvalue weighted by Gasteiger charge is -2.33. The van der Waals surface area contributed by atoms with Crippen molar-refractivity contribution in [3.8, 4) is 5.75 Å². The predicted molar refractivity (Wildman–Crippen MR) is 170 cm³/mol. The van der Waals surface area contributed by atoms with E-state index in [2.05, 4.69) is 15.6 Å². The van der Waals surface area contributed by atoms with Crippen molar-refractivity contribution in [1.82, 2.24) is 20.5 Å². The number of phenolic OH excluding ortho intramolecular Hbond substituents is 1. The van der Waals surface area contributed by atoms with Crippen LogP contribution in [0.1, 0.15) is 101 Å². The van der Waals surface area contributed by atoms with E-state index in [1.54, 1.807) is 57.4 Å². The molecule has 2 aliphatic rings. The molecule has 2 aromatic rings. The third-order valence-corrected chi connectivity index (χ3v) is 8.60. The SMILES string of the molecule is CC(=O)C(c1cccc(O)c1)c1cncc([C@H](CC(=O)OC(C)(C)C)NC(=O)[C@@H]2CCCN(C(=O)CCC3CCNCC3)C2)c1. The summed E-state index contributed by atoms with van der Waals surface area (Å²) in [5.74, 6) is -1.25. The first-order valence-corrected chi connectivity index (χ1v) is 16.1. The molecule has 1 unspecified atom stereocenters. The van der Waals surface area contributed by atoms with Crippen molar-refractivity contribution in [1.29, 1.82) is 0 Å². The van der Waals surface area contributed by atoms with Crippen LogP contribution in [0.25, 0.3) is 0 Å². The lowest BCUT2D eigenvalue weighted by molar-refractivity contribution is -0.155. The Morgan fingerprint density at radius 3 is 2.49 bits per heavy atom. The third-order valence-electron chi connectivity index (χ3n) is 8.60. The zero-order valence-electron chi connectivity index (χ0n) is 27.0. The Balaban J connectivity index is 1.51. The molecule has 1 aromatic carbocycles. The summed E-state index contributed by atoms with van der Waals surface area (Å²) >= 11 is 0. The zero-order valence-corrected chi connectivity index (χ0v) is 27.0. The Bertz CT molecular complexity index is 1350. The maximum atomic E-state index is 13.7.